The minimum atomic E-state index is 0.305. The number of hydrogen-bond acceptors (Lipinski definition) is 3. The van der Waals surface area contributed by atoms with Crippen molar-refractivity contribution < 1.29 is 9.47 Å². The number of methoxy groups -OCH3 is 1. The van der Waals surface area contributed by atoms with Crippen LogP contribution in [0.3, 0.4) is 0 Å². The number of hydrogen-bond donors (Lipinski definition) is 0. The van der Waals surface area contributed by atoms with Gasteiger partial charge in [-0.1, -0.05) is 13.3 Å². The molecule has 0 aromatic rings. The molecule has 0 aromatic carbocycles. The summed E-state index contributed by atoms with van der Waals surface area (Å²) in [6, 6.07) is 0. The second-order valence-corrected chi connectivity index (χ2v) is 3.13. The number of nitrogens with zero attached hydrogens (tertiary/aromatic N) is 1. The van der Waals surface area contributed by atoms with Crippen LogP contribution in [0.1, 0.15) is 19.8 Å². The molecule has 0 amide bonds. The van der Waals surface area contributed by atoms with Gasteiger partial charge in [-0.15, -0.1) is 0 Å². The number of rotatable bonds is 4. The zero-order valence-electron chi connectivity index (χ0n) is 8.08. The van der Waals surface area contributed by atoms with Crippen LogP contribution in [0.4, 0.5) is 0 Å². The van der Waals surface area contributed by atoms with E-state index in [-0.39, 0.29) is 0 Å². The van der Waals surface area contributed by atoms with E-state index in [2.05, 4.69) is 11.8 Å². The van der Waals surface area contributed by atoms with Crippen molar-refractivity contribution in [3.8, 4) is 0 Å². The van der Waals surface area contributed by atoms with Gasteiger partial charge in [0.05, 0.1) is 13.2 Å². The lowest BCUT2D eigenvalue weighted by atomic mass is 10.2. The Morgan fingerprint density at radius 3 is 2.58 bits per heavy atom. The van der Waals surface area contributed by atoms with Gasteiger partial charge in [0.2, 0.25) is 0 Å². The Morgan fingerprint density at radius 2 is 2.08 bits per heavy atom. The monoisotopic (exact) mass is 173 g/mol. The summed E-state index contributed by atoms with van der Waals surface area (Å²) >= 11 is 0. The molecular formula is C9H19NO2. The molecule has 0 spiro atoms. The molecule has 0 N–H and O–H groups in total. The highest BCUT2D eigenvalue weighted by atomic mass is 16.5. The molecule has 1 unspecified atom stereocenters. The standard InChI is InChI=1S/C9H19NO2/c1-3-4-9(11-2)10-5-7-12-8-6-10/h9H,3-8H2,1-2H3. The Hall–Kier alpha value is -0.120. The molecule has 1 saturated heterocycles. The summed E-state index contributed by atoms with van der Waals surface area (Å²) < 4.78 is 10.7. The Labute approximate surface area is 74.6 Å². The molecule has 12 heavy (non-hydrogen) atoms. The van der Waals surface area contributed by atoms with Crippen LogP contribution in [-0.4, -0.2) is 44.5 Å². The molecule has 0 saturated carbocycles. The third-order valence-corrected chi connectivity index (χ3v) is 2.26. The summed E-state index contributed by atoms with van der Waals surface area (Å²) in [5.41, 5.74) is 0. The van der Waals surface area contributed by atoms with E-state index in [1.807, 2.05) is 0 Å². The van der Waals surface area contributed by atoms with Crippen molar-refractivity contribution in [3.05, 3.63) is 0 Å². The van der Waals surface area contributed by atoms with Crippen molar-refractivity contribution in [3.63, 3.8) is 0 Å². The van der Waals surface area contributed by atoms with E-state index < -0.39 is 0 Å². The zero-order valence-corrected chi connectivity index (χ0v) is 8.08. The summed E-state index contributed by atoms with van der Waals surface area (Å²) in [6.07, 6.45) is 2.60. The predicted molar refractivity (Wildman–Crippen MR) is 48.1 cm³/mol. The average Bonchev–Trinajstić information content (AvgIpc) is 2.15. The lowest BCUT2D eigenvalue weighted by Crippen LogP contribution is -2.44. The highest BCUT2D eigenvalue weighted by Crippen LogP contribution is 2.09. The molecule has 1 rings (SSSR count). The maximum Gasteiger partial charge on any atom is 0.110 e. The van der Waals surface area contributed by atoms with Gasteiger partial charge in [0.1, 0.15) is 6.23 Å². The summed E-state index contributed by atoms with van der Waals surface area (Å²) in [5, 5.41) is 0. The Morgan fingerprint density at radius 1 is 1.42 bits per heavy atom. The van der Waals surface area contributed by atoms with Crippen LogP contribution >= 0.6 is 0 Å². The van der Waals surface area contributed by atoms with Crippen molar-refractivity contribution in [2.24, 2.45) is 0 Å². The molecule has 3 heteroatoms. The molecule has 0 radical (unpaired) electrons. The normalized spacial score (nSPS) is 22.5. The quantitative estimate of drug-likeness (QED) is 0.635. The third kappa shape index (κ3) is 2.73. The van der Waals surface area contributed by atoms with Crippen LogP contribution in [-0.2, 0) is 9.47 Å². The maximum atomic E-state index is 5.40. The van der Waals surface area contributed by atoms with Crippen molar-refractivity contribution in [1.29, 1.82) is 0 Å². The first-order valence-electron chi connectivity index (χ1n) is 4.73. The summed E-state index contributed by atoms with van der Waals surface area (Å²) in [4.78, 5) is 2.35. The van der Waals surface area contributed by atoms with E-state index in [1.54, 1.807) is 7.11 Å². The summed E-state index contributed by atoms with van der Waals surface area (Å²) in [6.45, 7) is 5.91. The molecule has 1 aliphatic heterocycles. The first kappa shape index (κ1) is 9.96. The van der Waals surface area contributed by atoms with E-state index >= 15 is 0 Å². The highest BCUT2D eigenvalue weighted by Gasteiger charge is 2.18. The number of ether oxygens (including phenoxy) is 2. The maximum absolute atomic E-state index is 5.40. The molecular weight excluding hydrogens is 154 g/mol. The summed E-state index contributed by atoms with van der Waals surface area (Å²) in [5.74, 6) is 0. The molecule has 0 aliphatic carbocycles. The van der Waals surface area contributed by atoms with E-state index in [4.69, 9.17) is 9.47 Å². The smallest absolute Gasteiger partial charge is 0.110 e. The molecule has 1 aliphatic rings. The van der Waals surface area contributed by atoms with Gasteiger partial charge in [-0.2, -0.15) is 0 Å². The molecule has 0 aromatic heterocycles. The molecule has 3 nitrogen and oxygen atoms in total. The first-order valence-corrected chi connectivity index (χ1v) is 4.73. The highest BCUT2D eigenvalue weighted by molar-refractivity contribution is 4.65. The van der Waals surface area contributed by atoms with Gasteiger partial charge in [-0.25, -0.2) is 0 Å². The second-order valence-electron chi connectivity index (χ2n) is 3.13. The predicted octanol–water partition coefficient (Wildman–Crippen LogP) is 1.09. The SMILES string of the molecule is CCCC(OC)N1CCOCC1. The van der Waals surface area contributed by atoms with Gasteiger partial charge in [0.25, 0.3) is 0 Å². The fourth-order valence-corrected chi connectivity index (χ4v) is 1.56. The van der Waals surface area contributed by atoms with Crippen molar-refractivity contribution >= 4 is 0 Å². The first-order chi connectivity index (χ1) is 5.88. The van der Waals surface area contributed by atoms with Gasteiger partial charge in [0.15, 0.2) is 0 Å². The van der Waals surface area contributed by atoms with Crippen LogP contribution in [0.5, 0.6) is 0 Å². The Kier molecular flexibility index (Phi) is 4.58. The van der Waals surface area contributed by atoms with Crippen LogP contribution in [0, 0.1) is 0 Å². The molecule has 72 valence electrons. The van der Waals surface area contributed by atoms with Crippen LogP contribution in [0.25, 0.3) is 0 Å². The molecule has 0 bridgehead atoms. The third-order valence-electron chi connectivity index (χ3n) is 2.26. The molecule has 1 fully saturated rings. The van der Waals surface area contributed by atoms with Gasteiger partial charge in [0, 0.05) is 20.2 Å². The van der Waals surface area contributed by atoms with E-state index in [1.165, 1.54) is 6.42 Å². The molecule has 1 atom stereocenters. The fraction of sp³-hybridized carbons (Fsp3) is 1.00. The van der Waals surface area contributed by atoms with E-state index in [0.717, 1.165) is 32.7 Å². The topological polar surface area (TPSA) is 21.7 Å². The lowest BCUT2D eigenvalue weighted by Gasteiger charge is -2.33. The van der Waals surface area contributed by atoms with Crippen LogP contribution < -0.4 is 0 Å². The molecule has 1 heterocycles. The van der Waals surface area contributed by atoms with Crippen molar-refractivity contribution in [2.75, 3.05) is 33.4 Å². The fourth-order valence-electron chi connectivity index (χ4n) is 1.56. The minimum absolute atomic E-state index is 0.305. The minimum Gasteiger partial charge on any atom is -0.379 e. The zero-order chi connectivity index (χ0) is 8.81. The Bertz CT molecular complexity index is 110. The van der Waals surface area contributed by atoms with Crippen molar-refractivity contribution in [2.45, 2.75) is 26.0 Å². The van der Waals surface area contributed by atoms with Crippen molar-refractivity contribution in [1.82, 2.24) is 4.90 Å². The van der Waals surface area contributed by atoms with Crippen LogP contribution in [0.15, 0.2) is 0 Å². The van der Waals surface area contributed by atoms with Gasteiger partial charge in [-0.05, 0) is 6.42 Å². The van der Waals surface area contributed by atoms with E-state index in [9.17, 15) is 0 Å². The average molecular weight is 173 g/mol. The van der Waals surface area contributed by atoms with E-state index in [0.29, 0.717) is 6.23 Å². The van der Waals surface area contributed by atoms with Crippen LogP contribution in [0.2, 0.25) is 0 Å². The Balaban J connectivity index is 2.29. The van der Waals surface area contributed by atoms with Gasteiger partial charge < -0.3 is 9.47 Å². The van der Waals surface area contributed by atoms with Gasteiger partial charge >= 0.3 is 0 Å². The number of morpholine rings is 1. The summed E-state index contributed by atoms with van der Waals surface area (Å²) in [7, 11) is 1.79. The lowest BCUT2D eigenvalue weighted by molar-refractivity contribution is -0.0819. The second kappa shape index (κ2) is 5.51. The largest absolute Gasteiger partial charge is 0.379 e. The van der Waals surface area contributed by atoms with Gasteiger partial charge in [-0.3, -0.25) is 4.90 Å².